The first-order valence-corrected chi connectivity index (χ1v) is 19.9. The highest BCUT2D eigenvalue weighted by molar-refractivity contribution is 5.72. The lowest BCUT2D eigenvalue weighted by atomic mass is 9.62. The van der Waals surface area contributed by atoms with Crippen LogP contribution < -0.4 is 10.6 Å². The summed E-state index contributed by atoms with van der Waals surface area (Å²) in [5.74, 6) is 1.32. The van der Waals surface area contributed by atoms with Crippen molar-refractivity contribution in [2.75, 3.05) is 52.4 Å². The molecule has 2 N–H and O–H groups in total. The molecule has 5 fully saturated rings. The fourth-order valence-corrected chi connectivity index (χ4v) is 10.6. The Morgan fingerprint density at radius 2 is 0.896 bits per heavy atom. The number of piperazine rings is 1. The van der Waals surface area contributed by atoms with E-state index in [1.165, 1.54) is 77.0 Å². The van der Waals surface area contributed by atoms with Gasteiger partial charge in [-0.15, -0.1) is 0 Å². The van der Waals surface area contributed by atoms with E-state index in [2.05, 4.69) is 75.8 Å². The number of hydrogen-bond acceptors (Lipinski definition) is 8. The van der Waals surface area contributed by atoms with Crippen molar-refractivity contribution < 1.29 is 19.1 Å². The van der Waals surface area contributed by atoms with Crippen LogP contribution in [-0.2, 0) is 19.1 Å². The van der Waals surface area contributed by atoms with Crippen LogP contribution in [0.15, 0.2) is 0 Å². The Morgan fingerprint density at radius 3 is 1.23 bits per heavy atom. The lowest BCUT2D eigenvalue weighted by molar-refractivity contribution is -0.178. The molecule has 8 nitrogen and oxygen atoms in total. The summed E-state index contributed by atoms with van der Waals surface area (Å²) in [5, 5.41) is 7.71. The van der Waals surface area contributed by atoms with Gasteiger partial charge in [-0.3, -0.25) is 19.4 Å². The van der Waals surface area contributed by atoms with Gasteiger partial charge in [0.15, 0.2) is 0 Å². The van der Waals surface area contributed by atoms with Crippen LogP contribution in [0.25, 0.3) is 0 Å². The molecule has 3 heterocycles. The van der Waals surface area contributed by atoms with Gasteiger partial charge in [0.25, 0.3) is 0 Å². The Balaban J connectivity index is 1.08. The summed E-state index contributed by atoms with van der Waals surface area (Å²) >= 11 is 0. The van der Waals surface area contributed by atoms with Crippen LogP contribution in [0.1, 0.15) is 132 Å². The van der Waals surface area contributed by atoms with Crippen LogP contribution in [0.5, 0.6) is 0 Å². The van der Waals surface area contributed by atoms with Crippen molar-refractivity contribution in [2.45, 2.75) is 157 Å². The van der Waals surface area contributed by atoms with Gasteiger partial charge in [-0.25, -0.2) is 0 Å². The molecule has 0 radical (unpaired) electrons. The molecule has 5 aliphatic rings. The third kappa shape index (κ3) is 9.16. The molecule has 0 aromatic rings. The zero-order chi connectivity index (χ0) is 34.7. The van der Waals surface area contributed by atoms with E-state index < -0.39 is 0 Å². The second-order valence-corrected chi connectivity index (χ2v) is 19.3. The molecular formula is C40H72N4O4. The van der Waals surface area contributed by atoms with Crippen LogP contribution in [0.3, 0.4) is 0 Å². The molecule has 3 saturated heterocycles. The summed E-state index contributed by atoms with van der Waals surface area (Å²) in [6, 6.07) is 0.719. The first kappa shape index (κ1) is 38.0. The zero-order valence-electron chi connectivity index (χ0n) is 32.1. The van der Waals surface area contributed by atoms with Gasteiger partial charge in [-0.05, 0) is 24.7 Å². The Hall–Kier alpha value is -1.22. The molecule has 2 aliphatic carbocycles. The molecule has 4 atom stereocenters. The Bertz CT molecular complexity index is 985. The predicted octanol–water partition coefficient (Wildman–Crippen LogP) is 6.42. The maximum absolute atomic E-state index is 13.4. The predicted molar refractivity (Wildman–Crippen MR) is 194 cm³/mol. The molecule has 0 bridgehead atoms. The van der Waals surface area contributed by atoms with Crippen molar-refractivity contribution in [3.63, 3.8) is 0 Å². The van der Waals surface area contributed by atoms with Gasteiger partial charge in [0.2, 0.25) is 0 Å². The number of nitrogens with one attached hydrogen (secondary N) is 2. The summed E-state index contributed by atoms with van der Waals surface area (Å²) in [6.07, 6.45) is 15.6. The second-order valence-electron chi connectivity index (χ2n) is 19.3. The number of piperidine rings is 2. The van der Waals surface area contributed by atoms with Gasteiger partial charge in [0.05, 0.1) is 13.1 Å². The van der Waals surface area contributed by atoms with Gasteiger partial charge in [-0.1, -0.05) is 120 Å². The lowest BCUT2D eigenvalue weighted by Gasteiger charge is -2.53. The molecule has 0 aromatic carbocycles. The summed E-state index contributed by atoms with van der Waals surface area (Å²) in [7, 11) is 0. The summed E-state index contributed by atoms with van der Waals surface area (Å²) in [6.45, 7) is 23.5. The third-order valence-electron chi connectivity index (χ3n) is 13.4. The van der Waals surface area contributed by atoms with E-state index in [1.54, 1.807) is 0 Å². The van der Waals surface area contributed by atoms with Gasteiger partial charge in [-0.2, -0.15) is 0 Å². The smallest absolute Gasteiger partial charge is 0.320 e. The van der Waals surface area contributed by atoms with Crippen molar-refractivity contribution in [3.8, 4) is 0 Å². The summed E-state index contributed by atoms with van der Waals surface area (Å²) in [4.78, 5) is 31.2. The molecule has 276 valence electrons. The molecule has 0 aromatic heterocycles. The minimum absolute atomic E-state index is 0.120. The normalized spacial score (nSPS) is 33.2. The van der Waals surface area contributed by atoms with Gasteiger partial charge in [0, 0.05) is 73.0 Å². The van der Waals surface area contributed by atoms with E-state index in [4.69, 9.17) is 9.47 Å². The van der Waals surface area contributed by atoms with Crippen molar-refractivity contribution in [2.24, 2.45) is 33.5 Å². The number of hydrogen-bond donors (Lipinski definition) is 2. The van der Waals surface area contributed by atoms with Crippen LogP contribution in [-0.4, -0.2) is 98.4 Å². The monoisotopic (exact) mass is 673 g/mol. The summed E-state index contributed by atoms with van der Waals surface area (Å²) < 4.78 is 12.8. The summed E-state index contributed by atoms with van der Waals surface area (Å²) in [5.41, 5.74) is -0.536. The maximum atomic E-state index is 13.4. The van der Waals surface area contributed by atoms with Gasteiger partial charge >= 0.3 is 11.9 Å². The van der Waals surface area contributed by atoms with Crippen molar-refractivity contribution in [1.82, 2.24) is 20.4 Å². The molecule has 3 aliphatic heterocycles. The quantitative estimate of drug-likeness (QED) is 0.258. The van der Waals surface area contributed by atoms with Crippen LogP contribution >= 0.6 is 0 Å². The average Bonchev–Trinajstić information content (AvgIpc) is 3.03. The highest BCUT2D eigenvalue weighted by atomic mass is 16.6. The number of ether oxygens (including phenoxy) is 2. The highest BCUT2D eigenvalue weighted by Gasteiger charge is 2.53. The maximum Gasteiger partial charge on any atom is 0.320 e. The standard InChI is InChI=1S/C40H72N4O4/c1-37(2)27-41-31(23-29-15-11-9-12-16-29)39(5,6)35(37)47-33(45)25-43-19-21-44(22-20-43)26-34(46)48-36-38(3,4)28-42-32(40(36,7)8)24-30-17-13-10-14-18-30/h29-32,35-36,41-42H,9-28H2,1-8H3. The molecule has 5 rings (SSSR count). The number of carbonyl (C=O) groups excluding carboxylic acids is 2. The average molecular weight is 673 g/mol. The fourth-order valence-electron chi connectivity index (χ4n) is 10.6. The third-order valence-corrected chi connectivity index (χ3v) is 13.4. The van der Waals surface area contributed by atoms with E-state index >= 15 is 0 Å². The Labute approximate surface area is 293 Å². The van der Waals surface area contributed by atoms with E-state index in [9.17, 15) is 9.59 Å². The molecule has 0 spiro atoms. The topological polar surface area (TPSA) is 83.1 Å². The van der Waals surface area contributed by atoms with E-state index in [1.807, 2.05) is 0 Å². The van der Waals surface area contributed by atoms with Crippen molar-refractivity contribution in [3.05, 3.63) is 0 Å². The molecule has 48 heavy (non-hydrogen) atoms. The van der Waals surface area contributed by atoms with E-state index in [0.29, 0.717) is 25.2 Å². The van der Waals surface area contributed by atoms with E-state index in [0.717, 1.165) is 51.1 Å². The highest BCUT2D eigenvalue weighted by Crippen LogP contribution is 2.47. The number of carbonyl (C=O) groups is 2. The van der Waals surface area contributed by atoms with E-state index in [-0.39, 0.29) is 45.8 Å². The lowest BCUT2D eigenvalue weighted by Crippen LogP contribution is -2.64. The largest absolute Gasteiger partial charge is 0.460 e. The minimum atomic E-state index is -0.138. The zero-order valence-corrected chi connectivity index (χ0v) is 32.1. The van der Waals surface area contributed by atoms with Crippen molar-refractivity contribution in [1.29, 1.82) is 0 Å². The van der Waals surface area contributed by atoms with Crippen molar-refractivity contribution >= 4 is 11.9 Å². The molecular weight excluding hydrogens is 600 g/mol. The minimum Gasteiger partial charge on any atom is -0.460 e. The van der Waals surface area contributed by atoms with Crippen LogP contribution in [0, 0.1) is 33.5 Å². The molecule has 8 heteroatoms. The SMILES string of the molecule is CC1(C)CNC(CC2CCCCC2)C(C)(C)C1OC(=O)CN1CCN(CC(=O)OC2C(C)(C)CNC(CC3CCCCC3)C2(C)C)CC1. The number of esters is 2. The van der Waals surface area contributed by atoms with Gasteiger partial charge in [0.1, 0.15) is 12.2 Å². The van der Waals surface area contributed by atoms with Crippen LogP contribution in [0.4, 0.5) is 0 Å². The first-order chi connectivity index (χ1) is 22.6. The Morgan fingerprint density at radius 1 is 0.562 bits per heavy atom. The molecule has 4 unspecified atom stereocenters. The Kier molecular flexibility index (Phi) is 12.3. The second kappa shape index (κ2) is 15.6. The van der Waals surface area contributed by atoms with Crippen LogP contribution in [0.2, 0.25) is 0 Å². The molecule has 2 saturated carbocycles. The molecule has 0 amide bonds. The fraction of sp³-hybridized carbons (Fsp3) is 0.950. The number of nitrogens with zero attached hydrogens (tertiary/aromatic N) is 2. The number of rotatable bonds is 10. The first-order valence-electron chi connectivity index (χ1n) is 19.9. The van der Waals surface area contributed by atoms with Gasteiger partial charge < -0.3 is 20.1 Å².